The molecular weight excluding hydrogens is 789 g/mol. The van der Waals surface area contributed by atoms with E-state index < -0.39 is 0 Å². The molecule has 0 fully saturated rings. The van der Waals surface area contributed by atoms with Gasteiger partial charge in [-0.15, -0.1) is 0 Å². The Labute approximate surface area is 378 Å². The van der Waals surface area contributed by atoms with E-state index in [1.807, 2.05) is 6.20 Å². The molecule has 7 aromatic carbocycles. The van der Waals surface area contributed by atoms with Crippen LogP contribution in [0, 0.1) is 13.8 Å². The number of hydrogen-bond acceptors (Lipinski definition) is 1. The maximum atomic E-state index is 4.69. The van der Waals surface area contributed by atoms with Crippen LogP contribution in [0.1, 0.15) is 45.5 Å². The summed E-state index contributed by atoms with van der Waals surface area (Å²) < 4.78 is 5.02. The van der Waals surface area contributed by atoms with Gasteiger partial charge in [-0.3, -0.25) is 4.98 Å². The van der Waals surface area contributed by atoms with Gasteiger partial charge in [-0.05, 0) is 166 Å². The topological polar surface area (TPSA) is 38.5 Å². The van der Waals surface area contributed by atoms with Gasteiger partial charge in [-0.25, -0.2) is 0 Å². The van der Waals surface area contributed by atoms with Crippen LogP contribution in [0.3, 0.4) is 0 Å². The van der Waals surface area contributed by atoms with E-state index in [1.165, 1.54) is 128 Å². The van der Waals surface area contributed by atoms with Crippen LogP contribution in [0.2, 0.25) is 0 Å². The molecule has 4 heteroatoms. The second kappa shape index (κ2) is 14.8. The van der Waals surface area contributed by atoms with Gasteiger partial charge >= 0.3 is 0 Å². The van der Waals surface area contributed by atoms with Crippen molar-refractivity contribution in [1.29, 1.82) is 0 Å². The molecule has 1 N–H and O–H groups in total. The number of allylic oxidation sites excluding steroid dienone is 1. The minimum atomic E-state index is 0.948. The highest BCUT2D eigenvalue weighted by molar-refractivity contribution is 6.13. The lowest BCUT2D eigenvalue weighted by Gasteiger charge is -2.22. The summed E-state index contributed by atoms with van der Waals surface area (Å²) in [5.41, 5.74) is 26.8. The average Bonchev–Trinajstić information content (AvgIpc) is 4.03. The van der Waals surface area contributed by atoms with E-state index in [2.05, 4.69) is 215 Å². The molecule has 310 valence electrons. The maximum absolute atomic E-state index is 4.69. The van der Waals surface area contributed by atoms with Crippen molar-refractivity contribution in [3.63, 3.8) is 0 Å². The fourth-order valence-corrected chi connectivity index (χ4v) is 11.2. The first-order chi connectivity index (χ1) is 32.1. The number of pyridine rings is 1. The molecule has 4 nitrogen and oxygen atoms in total. The van der Waals surface area contributed by atoms with Gasteiger partial charge in [0.25, 0.3) is 0 Å². The summed E-state index contributed by atoms with van der Waals surface area (Å²) in [5, 5.41) is 3.89. The van der Waals surface area contributed by atoms with E-state index in [4.69, 9.17) is 0 Å². The summed E-state index contributed by atoms with van der Waals surface area (Å²) in [6.45, 7) is 4.42. The third-order valence-corrected chi connectivity index (χ3v) is 14.3. The monoisotopic (exact) mass is 834 g/mol. The molecule has 0 spiro atoms. The predicted molar refractivity (Wildman–Crippen MR) is 271 cm³/mol. The smallest absolute Gasteiger partial charge is 0.0671 e. The van der Waals surface area contributed by atoms with Gasteiger partial charge in [0.1, 0.15) is 0 Å². The molecule has 11 aromatic rings. The molecule has 4 heterocycles. The lowest BCUT2D eigenvalue weighted by Crippen LogP contribution is -2.07. The Hall–Kier alpha value is -7.95. The summed E-state index contributed by atoms with van der Waals surface area (Å²) in [6, 6.07) is 58.6. The Bertz CT molecular complexity index is 3730. The first-order valence-electron chi connectivity index (χ1n) is 22.9. The molecule has 4 aromatic heterocycles. The molecule has 0 atom stereocenters. The van der Waals surface area contributed by atoms with Gasteiger partial charge < -0.3 is 14.1 Å². The van der Waals surface area contributed by atoms with Crippen molar-refractivity contribution in [3.8, 4) is 55.9 Å². The minimum Gasteiger partial charge on any atom is -0.366 e. The van der Waals surface area contributed by atoms with Crippen LogP contribution in [-0.2, 0) is 19.3 Å². The summed E-state index contributed by atoms with van der Waals surface area (Å²) in [6.07, 6.45) is 14.6. The lowest BCUT2D eigenvalue weighted by molar-refractivity contribution is 0.889. The fourth-order valence-electron chi connectivity index (χ4n) is 11.2. The maximum Gasteiger partial charge on any atom is 0.0671 e. The molecule has 13 rings (SSSR count). The summed E-state index contributed by atoms with van der Waals surface area (Å²) >= 11 is 0. The number of rotatable bonds is 6. The number of H-pyrrole nitrogens is 1. The predicted octanol–water partition coefficient (Wildman–Crippen LogP) is 15.3. The highest BCUT2D eigenvalue weighted by Gasteiger charge is 2.28. The standard InChI is InChI=1S/C61H46N4/c1-38-27-28-62-36-60(38)64-56-25-23-42(48-19-11-9-17-46(48)40-13-5-3-6-14-40)29-52(56)54-31-44-21-22-45-32-55-53-30-43(49-20-12-10-18-47(49)41-15-7-4-8-16-41)24-26-57(53)65(61-37-63-35-39(61)2)59(55)34-51(45)50(44)33-58(54)64/h3-20,24,26-37,63H,21-23,25H2,1-2H3. The van der Waals surface area contributed by atoms with Crippen LogP contribution in [0.5, 0.6) is 0 Å². The average molecular weight is 835 g/mol. The van der Waals surface area contributed by atoms with Gasteiger partial charge in [0.2, 0.25) is 0 Å². The molecule has 0 amide bonds. The van der Waals surface area contributed by atoms with Gasteiger partial charge in [-0.1, -0.05) is 115 Å². The largest absolute Gasteiger partial charge is 0.366 e. The Kier molecular flexibility index (Phi) is 8.57. The molecule has 2 aliphatic rings. The number of benzene rings is 7. The van der Waals surface area contributed by atoms with Gasteiger partial charge in [0.15, 0.2) is 0 Å². The minimum absolute atomic E-state index is 0.948. The van der Waals surface area contributed by atoms with Crippen molar-refractivity contribution in [2.45, 2.75) is 39.5 Å². The first kappa shape index (κ1) is 37.6. The first-order valence-corrected chi connectivity index (χ1v) is 22.9. The van der Waals surface area contributed by atoms with Gasteiger partial charge in [-0.2, -0.15) is 0 Å². The number of aromatic nitrogens is 4. The molecule has 0 bridgehead atoms. The summed E-state index contributed by atoms with van der Waals surface area (Å²) in [4.78, 5) is 8.11. The normalized spacial score (nSPS) is 13.2. The number of fused-ring (bicyclic) bond motifs is 9. The van der Waals surface area contributed by atoms with Crippen molar-refractivity contribution < 1.29 is 0 Å². The number of nitrogens with one attached hydrogen (secondary N) is 1. The zero-order valence-corrected chi connectivity index (χ0v) is 36.6. The summed E-state index contributed by atoms with van der Waals surface area (Å²) in [5.74, 6) is 0. The van der Waals surface area contributed by atoms with Crippen LogP contribution in [0.15, 0.2) is 183 Å². The van der Waals surface area contributed by atoms with Crippen LogP contribution in [0.25, 0.3) is 100 Å². The quantitative estimate of drug-likeness (QED) is 0.178. The Morgan fingerprint density at radius 3 is 1.71 bits per heavy atom. The van der Waals surface area contributed by atoms with E-state index in [9.17, 15) is 0 Å². The second-order valence-corrected chi connectivity index (χ2v) is 18.0. The number of nitrogens with zero attached hydrogens (tertiary/aromatic N) is 3. The Balaban J connectivity index is 1.02. The van der Waals surface area contributed by atoms with Crippen LogP contribution >= 0.6 is 0 Å². The molecule has 2 aliphatic carbocycles. The van der Waals surface area contributed by atoms with Crippen LogP contribution < -0.4 is 0 Å². The van der Waals surface area contributed by atoms with Gasteiger partial charge in [0.05, 0.1) is 34.1 Å². The zero-order valence-electron chi connectivity index (χ0n) is 36.6. The second-order valence-electron chi connectivity index (χ2n) is 18.0. The van der Waals surface area contributed by atoms with E-state index in [1.54, 1.807) is 0 Å². The molecule has 65 heavy (non-hydrogen) atoms. The third kappa shape index (κ3) is 5.94. The Morgan fingerprint density at radius 2 is 1.05 bits per heavy atom. The summed E-state index contributed by atoms with van der Waals surface area (Å²) in [7, 11) is 0. The number of aromatic amines is 1. The highest BCUT2D eigenvalue weighted by atomic mass is 15.0. The zero-order chi connectivity index (χ0) is 43.2. The van der Waals surface area contributed by atoms with Crippen LogP contribution in [0.4, 0.5) is 0 Å². The molecular formula is C61H46N4. The van der Waals surface area contributed by atoms with E-state index in [-0.39, 0.29) is 0 Å². The fraction of sp³-hybridized carbons (Fsp3) is 0.0984. The van der Waals surface area contributed by atoms with Gasteiger partial charge in [0, 0.05) is 46.0 Å². The van der Waals surface area contributed by atoms with E-state index >= 15 is 0 Å². The molecule has 0 saturated heterocycles. The highest BCUT2D eigenvalue weighted by Crippen LogP contribution is 2.47. The van der Waals surface area contributed by atoms with Crippen molar-refractivity contribution in [2.24, 2.45) is 0 Å². The van der Waals surface area contributed by atoms with Crippen molar-refractivity contribution in [2.75, 3.05) is 0 Å². The van der Waals surface area contributed by atoms with Crippen molar-refractivity contribution >= 4 is 44.4 Å². The third-order valence-electron chi connectivity index (χ3n) is 14.3. The molecule has 0 radical (unpaired) electrons. The number of aryl methyl sites for hydroxylation is 4. The lowest BCUT2D eigenvalue weighted by atomic mass is 9.83. The SMILES string of the molecule is Cc1ccncc1-n1c2c(c3cc4c(cc31)-c1cc3c(cc1CC4)c1cc(-c4ccccc4-c4ccccc4)ccc1n3-c1c[nH]cc1C)C=C(c1ccccc1-c1ccccc1)CC2. The van der Waals surface area contributed by atoms with E-state index in [0.717, 1.165) is 31.4 Å². The van der Waals surface area contributed by atoms with Crippen molar-refractivity contribution in [3.05, 3.63) is 222 Å². The van der Waals surface area contributed by atoms with Crippen LogP contribution in [-0.4, -0.2) is 19.1 Å². The Morgan fingerprint density at radius 1 is 0.446 bits per heavy atom. The van der Waals surface area contributed by atoms with E-state index in [0.29, 0.717) is 0 Å². The molecule has 0 saturated carbocycles. The van der Waals surface area contributed by atoms with Crippen molar-refractivity contribution in [1.82, 2.24) is 19.1 Å². The number of hydrogen-bond donors (Lipinski definition) is 1. The molecule has 0 aliphatic heterocycles. The molecule has 0 unspecified atom stereocenters.